The number of hydrogen-bond donors (Lipinski definition) is 0. The van der Waals surface area contributed by atoms with Crippen LogP contribution in [0, 0.1) is 0 Å². The molecule has 1 aliphatic rings. The van der Waals surface area contributed by atoms with Crippen molar-refractivity contribution < 1.29 is 17.4 Å². The van der Waals surface area contributed by atoms with E-state index in [0.717, 1.165) is 10.4 Å². The fraction of sp³-hybridized carbons (Fsp3) is 0.333. The average molecular weight is 216 g/mol. The van der Waals surface area contributed by atoms with Crippen molar-refractivity contribution in [2.75, 3.05) is 7.05 Å². The molecule has 0 bridgehead atoms. The van der Waals surface area contributed by atoms with Crippen molar-refractivity contribution in [1.29, 1.82) is 0 Å². The molecule has 0 atom stereocenters. The van der Waals surface area contributed by atoms with Gasteiger partial charge in [0.2, 0.25) is 0 Å². The molecule has 0 aromatic heterocycles. The molecular weight excluding hydrogens is 208 g/mol. The van der Waals surface area contributed by atoms with Crippen molar-refractivity contribution in [3.8, 4) is 0 Å². The maximum absolute atomic E-state index is 4.87. The molecule has 56 valence electrons. The van der Waals surface area contributed by atoms with E-state index in [-0.39, 0.29) is 0 Å². The standard InChI is InChI=1S/C5H5.CH3Cl2N.V/c1-2-4-5-3-1;1-4(2)3;/h1-3H,4H2;1H3;. The quantitative estimate of drug-likeness (QED) is 0.562. The summed E-state index contributed by atoms with van der Waals surface area (Å²) in [6.45, 7) is 0. The molecule has 0 radical (unpaired) electrons. The van der Waals surface area contributed by atoms with Crippen molar-refractivity contribution in [2.24, 2.45) is 0 Å². The third kappa shape index (κ3) is 8.60. The maximum atomic E-state index is 4.87. The Balaban J connectivity index is 0.000000180. The Kier molecular flexibility index (Phi) is 6.71. The number of allylic oxidation sites excluding steroid dienone is 4. The fourth-order valence-corrected chi connectivity index (χ4v) is 0.735. The SMILES string of the molecule is CN(Cl)Cl.[V][C]1=CC=CC1. The summed E-state index contributed by atoms with van der Waals surface area (Å²) < 4.78 is 2.35. The van der Waals surface area contributed by atoms with Gasteiger partial charge < -0.3 is 0 Å². The zero-order valence-electron chi connectivity index (χ0n) is 5.59. The van der Waals surface area contributed by atoms with E-state index in [2.05, 4.69) is 35.7 Å². The summed E-state index contributed by atoms with van der Waals surface area (Å²) >= 11 is 12.3. The Morgan fingerprint density at radius 2 is 2.10 bits per heavy atom. The molecule has 10 heavy (non-hydrogen) atoms. The summed E-state index contributed by atoms with van der Waals surface area (Å²) in [6, 6.07) is 0. The molecule has 0 fully saturated rings. The van der Waals surface area contributed by atoms with Gasteiger partial charge in [-0.25, -0.2) is 0 Å². The second-order valence-electron chi connectivity index (χ2n) is 1.69. The van der Waals surface area contributed by atoms with Crippen LogP contribution < -0.4 is 0 Å². The van der Waals surface area contributed by atoms with Crippen LogP contribution in [0.25, 0.3) is 0 Å². The molecule has 0 saturated carbocycles. The molecule has 4 heteroatoms. The Hall–Kier alpha value is 0.604. The molecule has 0 aromatic rings. The minimum absolute atomic E-state index is 0.944. The molecule has 0 aliphatic heterocycles. The zero-order valence-corrected chi connectivity index (χ0v) is 8.50. The van der Waals surface area contributed by atoms with Crippen LogP contribution >= 0.6 is 23.6 Å². The van der Waals surface area contributed by atoms with Crippen LogP contribution in [0.15, 0.2) is 22.5 Å². The average Bonchev–Trinajstić information content (AvgIpc) is 2.15. The number of nitrogens with zero attached hydrogens (tertiary/aromatic N) is 1. The third-order valence-corrected chi connectivity index (χ3v) is 1.27. The van der Waals surface area contributed by atoms with E-state index in [1.54, 1.807) is 0 Å². The molecule has 1 nitrogen and oxygen atoms in total. The van der Waals surface area contributed by atoms with Gasteiger partial charge in [-0.05, 0) is 23.6 Å². The predicted molar refractivity (Wildman–Crippen MR) is 41.3 cm³/mol. The normalized spacial score (nSPS) is 14.6. The Morgan fingerprint density at radius 3 is 2.20 bits per heavy atom. The molecule has 0 N–H and O–H groups in total. The summed E-state index contributed by atoms with van der Waals surface area (Å²) in [5, 5.41) is 0. The molecule has 0 heterocycles. The molecule has 0 spiro atoms. The molecule has 0 saturated heterocycles. The van der Waals surface area contributed by atoms with Gasteiger partial charge in [-0.2, -0.15) is 0 Å². The molecular formula is C6H8Cl2NV. The van der Waals surface area contributed by atoms with E-state index in [0.29, 0.717) is 0 Å². The predicted octanol–water partition coefficient (Wildman–Crippen LogP) is 2.60. The van der Waals surface area contributed by atoms with E-state index in [1.807, 2.05) is 0 Å². The summed E-state index contributed by atoms with van der Waals surface area (Å²) in [6.07, 6.45) is 7.47. The molecule has 0 amide bonds. The first-order chi connectivity index (χ1) is 4.63. The van der Waals surface area contributed by atoms with Crippen molar-refractivity contribution in [1.82, 2.24) is 3.94 Å². The topological polar surface area (TPSA) is 3.24 Å². The van der Waals surface area contributed by atoms with Crippen LogP contribution in [-0.2, 0) is 17.4 Å². The van der Waals surface area contributed by atoms with E-state index in [1.165, 1.54) is 11.3 Å². The summed E-state index contributed by atoms with van der Waals surface area (Å²) in [7, 11) is 1.53. The summed E-state index contributed by atoms with van der Waals surface area (Å²) in [4.78, 5) is 0. The van der Waals surface area contributed by atoms with Gasteiger partial charge in [0.25, 0.3) is 0 Å². The van der Waals surface area contributed by atoms with Gasteiger partial charge in [0, 0.05) is 7.05 Å². The van der Waals surface area contributed by atoms with E-state index in [4.69, 9.17) is 23.6 Å². The summed E-state index contributed by atoms with van der Waals surface area (Å²) in [5.74, 6) is 0. The van der Waals surface area contributed by atoms with Crippen LogP contribution in [0.4, 0.5) is 0 Å². The first-order valence-corrected chi connectivity index (χ1v) is 4.10. The van der Waals surface area contributed by atoms with Gasteiger partial charge in [0.15, 0.2) is 0 Å². The van der Waals surface area contributed by atoms with Gasteiger partial charge in [0.05, 0.1) is 0 Å². The first-order valence-electron chi connectivity index (χ1n) is 2.73. The Morgan fingerprint density at radius 1 is 1.60 bits per heavy atom. The van der Waals surface area contributed by atoms with Gasteiger partial charge >= 0.3 is 46.4 Å². The van der Waals surface area contributed by atoms with Crippen molar-refractivity contribution in [2.45, 2.75) is 6.42 Å². The number of rotatable bonds is 0. The third-order valence-electron chi connectivity index (χ3n) is 0.752. The van der Waals surface area contributed by atoms with Gasteiger partial charge in [-0.1, -0.05) is 0 Å². The number of hydrogen-bond acceptors (Lipinski definition) is 1. The molecule has 1 aliphatic carbocycles. The van der Waals surface area contributed by atoms with Gasteiger partial charge in [-0.15, -0.1) is 3.94 Å². The Bertz CT molecular complexity index is 140. The second kappa shape index (κ2) is 6.32. The number of halogens is 2. The molecule has 0 aromatic carbocycles. The monoisotopic (exact) mass is 215 g/mol. The van der Waals surface area contributed by atoms with E-state index >= 15 is 0 Å². The van der Waals surface area contributed by atoms with Crippen LogP contribution in [0.1, 0.15) is 6.42 Å². The van der Waals surface area contributed by atoms with Crippen molar-refractivity contribution >= 4 is 23.6 Å². The first kappa shape index (κ1) is 10.6. The minimum atomic E-state index is 0.944. The van der Waals surface area contributed by atoms with E-state index < -0.39 is 0 Å². The second-order valence-corrected chi connectivity index (χ2v) is 3.78. The van der Waals surface area contributed by atoms with Crippen LogP contribution in [0.5, 0.6) is 0 Å². The fourth-order valence-electron chi connectivity index (χ4n) is 0.436. The summed E-state index contributed by atoms with van der Waals surface area (Å²) in [5.41, 5.74) is 0. The zero-order chi connectivity index (χ0) is 7.98. The van der Waals surface area contributed by atoms with Crippen LogP contribution in [-0.4, -0.2) is 11.0 Å². The van der Waals surface area contributed by atoms with Crippen molar-refractivity contribution in [3.05, 3.63) is 22.5 Å². The van der Waals surface area contributed by atoms with Crippen LogP contribution in [0.3, 0.4) is 0 Å². The Labute approximate surface area is 80.9 Å². The molecule has 1 rings (SSSR count). The molecule has 0 unspecified atom stereocenters. The van der Waals surface area contributed by atoms with Gasteiger partial charge in [-0.3, -0.25) is 0 Å². The van der Waals surface area contributed by atoms with E-state index in [9.17, 15) is 0 Å². The van der Waals surface area contributed by atoms with Crippen molar-refractivity contribution in [3.63, 3.8) is 0 Å². The van der Waals surface area contributed by atoms with Crippen LogP contribution in [0.2, 0.25) is 0 Å². The van der Waals surface area contributed by atoms with Gasteiger partial charge in [0.1, 0.15) is 0 Å².